The first-order valence-electron chi connectivity index (χ1n) is 5.85. The molecule has 0 saturated carbocycles. The van der Waals surface area contributed by atoms with E-state index >= 15 is 0 Å². The number of H-pyrrole nitrogens is 1. The first-order chi connectivity index (χ1) is 8.83. The molecule has 1 aromatic carbocycles. The lowest BCUT2D eigenvalue weighted by Crippen LogP contribution is -2.38. The van der Waals surface area contributed by atoms with Crippen molar-refractivity contribution in [2.45, 2.75) is 20.4 Å². The van der Waals surface area contributed by atoms with Crippen molar-refractivity contribution < 1.29 is 4.79 Å². The lowest BCUT2D eigenvalue weighted by atomic mass is 9.92. The smallest absolute Gasteiger partial charge is 0.262 e. The van der Waals surface area contributed by atoms with Gasteiger partial charge in [-0.1, -0.05) is 12.1 Å². The number of hydrogen-bond donors (Lipinski definition) is 2. The predicted molar refractivity (Wildman–Crippen MR) is 76.4 cm³/mol. The molecule has 100 valence electrons. The number of fused-ring (bicyclic) bond motifs is 1. The van der Waals surface area contributed by atoms with Crippen molar-refractivity contribution >= 4 is 29.0 Å². The van der Waals surface area contributed by atoms with E-state index in [1.165, 1.54) is 4.57 Å². The molecule has 0 aliphatic rings. The summed E-state index contributed by atoms with van der Waals surface area (Å²) >= 11 is 5.18. The monoisotopic (exact) mass is 277 g/mol. The maximum atomic E-state index is 12.4. The van der Waals surface area contributed by atoms with Gasteiger partial charge in [0.25, 0.3) is 5.56 Å². The van der Waals surface area contributed by atoms with Crippen LogP contribution in [0.5, 0.6) is 0 Å². The molecule has 0 radical (unpaired) electrons. The second kappa shape index (κ2) is 4.62. The maximum absolute atomic E-state index is 12.4. The molecule has 2 rings (SSSR count). The van der Waals surface area contributed by atoms with Crippen LogP contribution in [0.4, 0.5) is 0 Å². The summed E-state index contributed by atoms with van der Waals surface area (Å²) in [5.74, 6) is -0.470. The Morgan fingerprint density at radius 2 is 2.05 bits per heavy atom. The number of nitrogens with zero attached hydrogens (tertiary/aromatic N) is 1. The van der Waals surface area contributed by atoms with Crippen LogP contribution in [0.3, 0.4) is 0 Å². The summed E-state index contributed by atoms with van der Waals surface area (Å²) in [7, 11) is 0. The minimum atomic E-state index is -0.840. The van der Waals surface area contributed by atoms with E-state index < -0.39 is 11.3 Å². The third kappa shape index (κ3) is 2.44. The van der Waals surface area contributed by atoms with Crippen LogP contribution in [-0.2, 0) is 11.3 Å². The van der Waals surface area contributed by atoms with Gasteiger partial charge in [0.15, 0.2) is 4.77 Å². The molecule has 5 nitrogen and oxygen atoms in total. The first-order valence-corrected chi connectivity index (χ1v) is 6.25. The van der Waals surface area contributed by atoms with Crippen LogP contribution in [0.15, 0.2) is 29.1 Å². The molecular formula is C13H15N3O2S. The molecule has 1 heterocycles. The fraction of sp³-hybridized carbons (Fsp3) is 0.308. The first kappa shape index (κ1) is 13.5. The van der Waals surface area contributed by atoms with Crippen molar-refractivity contribution in [1.29, 1.82) is 0 Å². The topological polar surface area (TPSA) is 80.9 Å². The van der Waals surface area contributed by atoms with Gasteiger partial charge in [-0.2, -0.15) is 0 Å². The third-order valence-electron chi connectivity index (χ3n) is 3.11. The fourth-order valence-electron chi connectivity index (χ4n) is 1.82. The van der Waals surface area contributed by atoms with Crippen molar-refractivity contribution in [1.82, 2.24) is 9.55 Å². The average Bonchev–Trinajstić information content (AvgIpc) is 2.34. The normalized spacial score (nSPS) is 11.7. The molecule has 0 atom stereocenters. The molecule has 19 heavy (non-hydrogen) atoms. The Kier molecular flexibility index (Phi) is 3.28. The van der Waals surface area contributed by atoms with E-state index in [0.717, 1.165) is 0 Å². The van der Waals surface area contributed by atoms with Gasteiger partial charge in [-0.25, -0.2) is 0 Å². The molecule has 0 aliphatic heterocycles. The van der Waals surface area contributed by atoms with Gasteiger partial charge < -0.3 is 10.7 Å². The summed E-state index contributed by atoms with van der Waals surface area (Å²) in [6.45, 7) is 3.53. The second-order valence-electron chi connectivity index (χ2n) is 5.12. The third-order valence-corrected chi connectivity index (χ3v) is 3.43. The molecule has 1 aromatic heterocycles. The van der Waals surface area contributed by atoms with Crippen molar-refractivity contribution in [2.24, 2.45) is 11.1 Å². The van der Waals surface area contributed by atoms with Crippen LogP contribution in [0, 0.1) is 10.2 Å². The summed E-state index contributed by atoms with van der Waals surface area (Å²) in [5, 5.41) is 0.538. The van der Waals surface area contributed by atoms with Gasteiger partial charge in [0.1, 0.15) is 0 Å². The zero-order chi connectivity index (χ0) is 14.2. The zero-order valence-corrected chi connectivity index (χ0v) is 11.6. The molecule has 6 heteroatoms. The van der Waals surface area contributed by atoms with E-state index in [9.17, 15) is 9.59 Å². The van der Waals surface area contributed by atoms with Crippen molar-refractivity contribution in [3.8, 4) is 0 Å². The lowest BCUT2D eigenvalue weighted by Gasteiger charge is -2.21. The molecule has 0 bridgehead atoms. The molecule has 2 aromatic rings. The van der Waals surface area contributed by atoms with Gasteiger partial charge in [-0.3, -0.25) is 14.2 Å². The number of nitrogens with one attached hydrogen (secondary N) is 1. The maximum Gasteiger partial charge on any atom is 0.262 e. The van der Waals surface area contributed by atoms with E-state index in [-0.39, 0.29) is 16.9 Å². The summed E-state index contributed by atoms with van der Waals surface area (Å²) in [4.78, 5) is 26.7. The van der Waals surface area contributed by atoms with Gasteiger partial charge in [0, 0.05) is 6.54 Å². The lowest BCUT2D eigenvalue weighted by molar-refractivity contribution is -0.126. The van der Waals surface area contributed by atoms with E-state index in [1.54, 1.807) is 32.0 Å². The van der Waals surface area contributed by atoms with Crippen LogP contribution < -0.4 is 11.3 Å². The van der Waals surface area contributed by atoms with Crippen molar-refractivity contribution in [2.75, 3.05) is 0 Å². The minimum Gasteiger partial charge on any atom is -0.369 e. The Morgan fingerprint density at radius 1 is 1.42 bits per heavy atom. The van der Waals surface area contributed by atoms with Gasteiger partial charge in [-0.05, 0) is 38.2 Å². The zero-order valence-electron chi connectivity index (χ0n) is 10.8. The highest BCUT2D eigenvalue weighted by Crippen LogP contribution is 2.17. The standard InChI is InChI=1S/C13H15N3O2S/c1-13(2,11(14)18)7-16-10(17)8-5-3-4-6-9(8)15-12(16)19/h3-6H,7H2,1-2H3,(H2,14,18)(H,15,19). The van der Waals surface area contributed by atoms with Gasteiger partial charge in [-0.15, -0.1) is 0 Å². The van der Waals surface area contributed by atoms with Gasteiger partial charge in [0.05, 0.1) is 16.3 Å². The largest absolute Gasteiger partial charge is 0.369 e. The van der Waals surface area contributed by atoms with E-state index in [0.29, 0.717) is 10.9 Å². The summed E-state index contributed by atoms with van der Waals surface area (Å²) in [6.07, 6.45) is 0. The molecule has 3 N–H and O–H groups in total. The molecule has 0 unspecified atom stereocenters. The Morgan fingerprint density at radius 3 is 2.68 bits per heavy atom. The quantitative estimate of drug-likeness (QED) is 0.836. The number of primary amides is 1. The second-order valence-corrected chi connectivity index (χ2v) is 5.50. The summed E-state index contributed by atoms with van der Waals surface area (Å²) < 4.78 is 1.67. The van der Waals surface area contributed by atoms with E-state index in [2.05, 4.69) is 4.98 Å². The molecule has 0 aliphatic carbocycles. The molecule has 0 saturated heterocycles. The minimum absolute atomic E-state index is 0.154. The number of rotatable bonds is 3. The highest BCUT2D eigenvalue weighted by Gasteiger charge is 2.26. The average molecular weight is 277 g/mol. The van der Waals surface area contributed by atoms with Gasteiger partial charge >= 0.3 is 0 Å². The fourth-order valence-corrected chi connectivity index (χ4v) is 2.07. The highest BCUT2D eigenvalue weighted by atomic mass is 32.1. The van der Waals surface area contributed by atoms with Crippen molar-refractivity contribution in [3.63, 3.8) is 0 Å². The molecule has 0 fully saturated rings. The number of para-hydroxylation sites is 1. The van der Waals surface area contributed by atoms with Crippen LogP contribution in [0.25, 0.3) is 10.9 Å². The van der Waals surface area contributed by atoms with Crippen LogP contribution >= 0.6 is 12.2 Å². The number of carbonyl (C=O) groups excluding carboxylic acids is 1. The van der Waals surface area contributed by atoms with Gasteiger partial charge in [0.2, 0.25) is 5.91 Å². The van der Waals surface area contributed by atoms with E-state index in [1.807, 2.05) is 6.07 Å². The Hall–Kier alpha value is -1.95. The van der Waals surface area contributed by atoms with Crippen LogP contribution in [0.1, 0.15) is 13.8 Å². The molecular weight excluding hydrogens is 262 g/mol. The Balaban J connectivity index is 2.66. The SMILES string of the molecule is CC(C)(Cn1c(=S)[nH]c2ccccc2c1=O)C(N)=O. The number of amides is 1. The molecule has 1 amide bonds. The van der Waals surface area contributed by atoms with Crippen LogP contribution in [0.2, 0.25) is 0 Å². The Bertz CT molecular complexity index is 758. The predicted octanol–water partition coefficient (Wildman–Crippen LogP) is 1.57. The summed E-state index contributed by atoms with van der Waals surface area (Å²) in [5.41, 5.74) is 4.96. The number of nitrogens with two attached hydrogens (primary N) is 1. The number of benzene rings is 1. The number of hydrogen-bond acceptors (Lipinski definition) is 3. The number of carbonyl (C=O) groups is 1. The highest BCUT2D eigenvalue weighted by molar-refractivity contribution is 7.71. The summed E-state index contributed by atoms with van der Waals surface area (Å²) in [6, 6.07) is 7.11. The van der Waals surface area contributed by atoms with E-state index in [4.69, 9.17) is 18.0 Å². The van der Waals surface area contributed by atoms with Crippen molar-refractivity contribution in [3.05, 3.63) is 39.4 Å². The number of aromatic nitrogens is 2. The van der Waals surface area contributed by atoms with Crippen LogP contribution in [-0.4, -0.2) is 15.5 Å². The molecule has 0 spiro atoms. The Labute approximate surface area is 115 Å². The number of aromatic amines is 1.